The first-order valence-electron chi connectivity index (χ1n) is 8.70. The number of carbonyl (C=O) groups is 4. The topological polar surface area (TPSA) is 174 Å². The Morgan fingerprint density at radius 3 is 1.74 bits per heavy atom. The Morgan fingerprint density at radius 2 is 1.41 bits per heavy atom. The number of aliphatic carboxylic acids is 4. The minimum Gasteiger partial charge on any atom is -0.473 e. The molecule has 0 saturated carbocycles. The summed E-state index contributed by atoms with van der Waals surface area (Å²) in [5.74, 6) is -6.36. The third-order valence-electron chi connectivity index (χ3n) is 4.65. The highest BCUT2D eigenvalue weighted by Gasteiger charge is 2.34. The minimum atomic E-state index is -1.82. The van der Waals surface area contributed by atoms with Crippen LogP contribution in [0.2, 0.25) is 0 Å². The molecule has 154 valence electrons. The average molecular weight is 390 g/mol. The van der Waals surface area contributed by atoms with Gasteiger partial charge in [-0.05, 0) is 44.7 Å². The summed E-state index contributed by atoms with van der Waals surface area (Å²) in [5, 5.41) is 33.3. The largest absolute Gasteiger partial charge is 0.473 e. The van der Waals surface area contributed by atoms with Gasteiger partial charge in [0.2, 0.25) is 0 Å². The van der Waals surface area contributed by atoms with Gasteiger partial charge in [0, 0.05) is 25.7 Å². The quantitative estimate of drug-likeness (QED) is 0.380. The molecule has 4 saturated heterocycles. The van der Waals surface area contributed by atoms with Crippen LogP contribution in [-0.4, -0.2) is 94.1 Å². The maximum atomic E-state index is 9.10. The van der Waals surface area contributed by atoms with E-state index in [2.05, 4.69) is 10.2 Å². The third-order valence-corrected chi connectivity index (χ3v) is 4.65. The van der Waals surface area contributed by atoms with E-state index in [-0.39, 0.29) is 0 Å². The zero-order valence-electron chi connectivity index (χ0n) is 14.9. The highest BCUT2D eigenvalue weighted by Crippen LogP contribution is 2.27. The summed E-state index contributed by atoms with van der Waals surface area (Å²) in [6, 6.07) is 0.747. The van der Waals surface area contributed by atoms with Crippen molar-refractivity contribution in [2.24, 2.45) is 5.92 Å². The lowest BCUT2D eigenvalue weighted by Crippen LogP contribution is -2.56. The molecule has 0 spiro atoms. The van der Waals surface area contributed by atoms with Gasteiger partial charge in [-0.2, -0.15) is 0 Å². The second-order valence-corrected chi connectivity index (χ2v) is 6.51. The van der Waals surface area contributed by atoms with Gasteiger partial charge in [0.1, 0.15) is 0 Å². The van der Waals surface area contributed by atoms with Gasteiger partial charge < -0.3 is 35.4 Å². The van der Waals surface area contributed by atoms with E-state index in [9.17, 15) is 0 Å². The van der Waals surface area contributed by atoms with Gasteiger partial charge in [0.15, 0.2) is 0 Å². The zero-order chi connectivity index (χ0) is 20.4. The van der Waals surface area contributed by atoms with Crippen molar-refractivity contribution < 1.29 is 44.3 Å². The smallest absolute Gasteiger partial charge is 0.414 e. The molecule has 4 heterocycles. The lowest BCUT2D eigenvalue weighted by molar-refractivity contribution is -0.159. The van der Waals surface area contributed by atoms with E-state index in [1.54, 1.807) is 0 Å². The van der Waals surface area contributed by atoms with Gasteiger partial charge in [0.25, 0.3) is 0 Å². The number of nitrogens with one attached hydrogen (secondary N) is 1. The van der Waals surface area contributed by atoms with Gasteiger partial charge in [-0.25, -0.2) is 19.2 Å². The van der Waals surface area contributed by atoms with Crippen LogP contribution < -0.4 is 5.32 Å². The van der Waals surface area contributed by atoms with Gasteiger partial charge in [-0.3, -0.25) is 0 Å². The summed E-state index contributed by atoms with van der Waals surface area (Å²) < 4.78 is 5.65. The first kappa shape index (κ1) is 22.8. The molecule has 0 radical (unpaired) electrons. The number of ether oxygens (including phenoxy) is 1. The summed E-state index contributed by atoms with van der Waals surface area (Å²) in [6.07, 6.45) is 5.83. The normalized spacial score (nSPS) is 28.1. The number of rotatable bonds is 3. The fraction of sp³-hybridized carbons (Fsp3) is 0.750. The van der Waals surface area contributed by atoms with Gasteiger partial charge >= 0.3 is 23.9 Å². The van der Waals surface area contributed by atoms with E-state index in [1.165, 1.54) is 45.3 Å². The number of fused-ring (bicyclic) bond motifs is 3. The first-order valence-corrected chi connectivity index (χ1v) is 8.70. The van der Waals surface area contributed by atoms with Gasteiger partial charge in [-0.15, -0.1) is 0 Å². The van der Waals surface area contributed by atoms with Crippen LogP contribution in [-0.2, 0) is 23.9 Å². The third kappa shape index (κ3) is 8.80. The highest BCUT2D eigenvalue weighted by molar-refractivity contribution is 6.27. The molecule has 0 aromatic heterocycles. The lowest BCUT2D eigenvalue weighted by atomic mass is 9.84. The van der Waals surface area contributed by atoms with Crippen LogP contribution in [0.1, 0.15) is 25.7 Å². The Bertz CT molecular complexity index is 478. The molecule has 2 unspecified atom stereocenters. The monoisotopic (exact) mass is 390 g/mol. The molecular weight excluding hydrogens is 364 g/mol. The van der Waals surface area contributed by atoms with E-state index < -0.39 is 23.9 Å². The molecule has 27 heavy (non-hydrogen) atoms. The summed E-state index contributed by atoms with van der Waals surface area (Å²) in [5.41, 5.74) is 0. The predicted octanol–water partition coefficient (Wildman–Crippen LogP) is -0.840. The molecule has 4 aliphatic heterocycles. The Morgan fingerprint density at radius 1 is 0.889 bits per heavy atom. The Labute approximate surface area is 155 Å². The predicted molar refractivity (Wildman–Crippen MR) is 90.5 cm³/mol. The fourth-order valence-corrected chi connectivity index (χ4v) is 3.28. The molecule has 0 amide bonds. The van der Waals surface area contributed by atoms with Crippen LogP contribution >= 0.6 is 0 Å². The second kappa shape index (κ2) is 11.5. The summed E-state index contributed by atoms with van der Waals surface area (Å²) >= 11 is 0. The van der Waals surface area contributed by atoms with Crippen LogP contribution in [0.3, 0.4) is 0 Å². The summed E-state index contributed by atoms with van der Waals surface area (Å²) in [4.78, 5) is 39.0. The van der Waals surface area contributed by atoms with E-state index in [0.717, 1.165) is 25.1 Å². The molecule has 4 aliphatic rings. The highest BCUT2D eigenvalue weighted by atomic mass is 16.5. The van der Waals surface area contributed by atoms with Crippen molar-refractivity contribution in [1.29, 1.82) is 0 Å². The number of carboxylic acid groups (broad SMARTS) is 4. The fourth-order valence-electron chi connectivity index (χ4n) is 3.28. The molecular formula is C16H26N2O9. The molecule has 4 rings (SSSR count). The van der Waals surface area contributed by atoms with Crippen molar-refractivity contribution in [1.82, 2.24) is 10.2 Å². The van der Waals surface area contributed by atoms with Crippen molar-refractivity contribution in [2.45, 2.75) is 37.8 Å². The Kier molecular flexibility index (Phi) is 9.68. The summed E-state index contributed by atoms with van der Waals surface area (Å²) in [6.45, 7) is 6.00. The van der Waals surface area contributed by atoms with E-state index in [1.807, 2.05) is 0 Å². The minimum absolute atomic E-state index is 0.500. The molecule has 0 aromatic carbocycles. The molecule has 5 N–H and O–H groups in total. The number of piperidine rings is 3. The lowest BCUT2D eigenvalue weighted by Gasteiger charge is -2.45. The maximum Gasteiger partial charge on any atom is 0.414 e. The molecule has 11 nitrogen and oxygen atoms in total. The SMILES string of the molecule is C1COC(CNC2CN3CCC2CC3)C1.O=C(O)C(=O)O.O=C(O)C(=O)O. The van der Waals surface area contributed by atoms with Crippen LogP contribution in [0.5, 0.6) is 0 Å². The van der Waals surface area contributed by atoms with Crippen molar-refractivity contribution in [2.75, 3.05) is 32.8 Å². The van der Waals surface area contributed by atoms with Crippen molar-refractivity contribution in [3.8, 4) is 0 Å². The second-order valence-electron chi connectivity index (χ2n) is 6.51. The number of carboxylic acids is 4. The first-order chi connectivity index (χ1) is 12.7. The van der Waals surface area contributed by atoms with Gasteiger partial charge in [0.05, 0.1) is 6.10 Å². The van der Waals surface area contributed by atoms with Crippen LogP contribution in [0.15, 0.2) is 0 Å². The molecule has 2 bridgehead atoms. The molecule has 11 heteroatoms. The molecule has 2 atom stereocenters. The molecule has 0 aliphatic carbocycles. The van der Waals surface area contributed by atoms with Crippen molar-refractivity contribution in [3.05, 3.63) is 0 Å². The number of nitrogens with zero attached hydrogens (tertiary/aromatic N) is 1. The number of hydrogen-bond donors (Lipinski definition) is 5. The maximum absolute atomic E-state index is 9.10. The van der Waals surface area contributed by atoms with Crippen LogP contribution in [0.25, 0.3) is 0 Å². The zero-order valence-corrected chi connectivity index (χ0v) is 14.9. The Hall–Kier alpha value is -2.24. The Balaban J connectivity index is 0.000000256. The van der Waals surface area contributed by atoms with Crippen molar-refractivity contribution >= 4 is 23.9 Å². The van der Waals surface area contributed by atoms with Crippen molar-refractivity contribution in [3.63, 3.8) is 0 Å². The number of hydrogen-bond acceptors (Lipinski definition) is 7. The van der Waals surface area contributed by atoms with E-state index in [4.69, 9.17) is 44.3 Å². The van der Waals surface area contributed by atoms with E-state index in [0.29, 0.717) is 6.10 Å². The summed E-state index contributed by atoms with van der Waals surface area (Å²) in [7, 11) is 0. The molecule has 0 aromatic rings. The van der Waals surface area contributed by atoms with Gasteiger partial charge in [-0.1, -0.05) is 0 Å². The standard InChI is InChI=1S/C12H22N2O.2C2H2O4/c1-2-11(15-7-1)8-13-12-9-14-5-3-10(12)4-6-14;2*3-1(4)2(5)6/h10-13H,1-9H2;2*(H,3,4)(H,5,6). The molecule has 4 fully saturated rings. The van der Waals surface area contributed by atoms with E-state index >= 15 is 0 Å². The van der Waals surface area contributed by atoms with Crippen LogP contribution in [0, 0.1) is 5.92 Å². The average Bonchev–Trinajstić information content (AvgIpc) is 3.15. The van der Waals surface area contributed by atoms with Crippen LogP contribution in [0.4, 0.5) is 0 Å².